The molecule has 0 unspecified atom stereocenters. The number of nitrogens with zero attached hydrogens (tertiary/aromatic N) is 4. The predicted molar refractivity (Wildman–Crippen MR) is 99.6 cm³/mol. The summed E-state index contributed by atoms with van der Waals surface area (Å²) < 4.78 is 28.6. The van der Waals surface area contributed by atoms with Crippen LogP contribution in [-0.4, -0.2) is 27.0 Å². The maximum Gasteiger partial charge on any atom is 0.282 e. The van der Waals surface area contributed by atoms with Crippen molar-refractivity contribution in [3.8, 4) is 11.4 Å². The third-order valence-electron chi connectivity index (χ3n) is 4.39. The van der Waals surface area contributed by atoms with Gasteiger partial charge < -0.3 is 0 Å². The second kappa shape index (κ2) is 5.81. The molecule has 0 N–H and O–H groups in total. The van der Waals surface area contributed by atoms with Gasteiger partial charge in [-0.3, -0.25) is 4.40 Å². The Hall–Kier alpha value is -2.93. The molecular weight excluding hydrogens is 348 g/mol. The number of hydrogen-bond donors (Lipinski definition) is 0. The van der Waals surface area contributed by atoms with Crippen LogP contribution in [0.1, 0.15) is 16.8 Å². The van der Waals surface area contributed by atoms with Gasteiger partial charge in [0.15, 0.2) is 0 Å². The van der Waals surface area contributed by atoms with Crippen LogP contribution in [0.2, 0.25) is 0 Å². The van der Waals surface area contributed by atoms with Crippen molar-refractivity contribution in [1.29, 1.82) is 0 Å². The van der Waals surface area contributed by atoms with Crippen molar-refractivity contribution in [3.63, 3.8) is 0 Å². The molecule has 132 valence electrons. The van der Waals surface area contributed by atoms with Gasteiger partial charge in [-0.05, 0) is 50.6 Å². The first-order chi connectivity index (χ1) is 12.4. The maximum absolute atomic E-state index is 12.8. The number of benzene rings is 1. The van der Waals surface area contributed by atoms with Gasteiger partial charge >= 0.3 is 0 Å². The highest BCUT2D eigenvalue weighted by atomic mass is 32.2. The van der Waals surface area contributed by atoms with Gasteiger partial charge in [-0.1, -0.05) is 23.8 Å². The Kier molecular flexibility index (Phi) is 3.69. The van der Waals surface area contributed by atoms with Crippen LogP contribution in [0.25, 0.3) is 17.0 Å². The molecule has 0 spiro atoms. The molecule has 0 aliphatic carbocycles. The fourth-order valence-electron chi connectivity index (χ4n) is 3.01. The molecular formula is C19H18N4O2S. The summed E-state index contributed by atoms with van der Waals surface area (Å²) in [6, 6.07) is 12.4. The lowest BCUT2D eigenvalue weighted by Crippen LogP contribution is -2.13. The number of fused-ring (bicyclic) bond motifs is 1. The molecule has 0 fully saturated rings. The number of aryl methyl sites for hydroxylation is 3. The fourth-order valence-corrected chi connectivity index (χ4v) is 4.12. The zero-order valence-electron chi connectivity index (χ0n) is 14.7. The minimum absolute atomic E-state index is 0.212. The largest absolute Gasteiger partial charge is 0.298 e. The minimum atomic E-state index is -3.72. The van der Waals surface area contributed by atoms with E-state index < -0.39 is 10.0 Å². The predicted octanol–water partition coefficient (Wildman–Crippen LogP) is 3.36. The summed E-state index contributed by atoms with van der Waals surface area (Å²) >= 11 is 0. The molecule has 0 aliphatic heterocycles. The maximum atomic E-state index is 12.8. The highest BCUT2D eigenvalue weighted by Crippen LogP contribution is 2.25. The van der Waals surface area contributed by atoms with Crippen molar-refractivity contribution in [3.05, 3.63) is 71.7 Å². The topological polar surface area (TPSA) is 69.3 Å². The van der Waals surface area contributed by atoms with Crippen LogP contribution in [0.3, 0.4) is 0 Å². The number of pyridine rings is 1. The smallest absolute Gasteiger partial charge is 0.282 e. The van der Waals surface area contributed by atoms with Gasteiger partial charge in [0.25, 0.3) is 10.0 Å². The van der Waals surface area contributed by atoms with Crippen LogP contribution < -0.4 is 0 Å². The van der Waals surface area contributed by atoms with E-state index in [-0.39, 0.29) is 4.90 Å². The lowest BCUT2D eigenvalue weighted by Gasteiger charge is -2.05. The van der Waals surface area contributed by atoms with E-state index in [4.69, 9.17) is 0 Å². The normalized spacial score (nSPS) is 12.0. The molecule has 3 aromatic heterocycles. The van der Waals surface area contributed by atoms with Crippen LogP contribution in [-0.2, 0) is 10.0 Å². The van der Waals surface area contributed by atoms with Gasteiger partial charge in [0.05, 0.1) is 16.3 Å². The van der Waals surface area contributed by atoms with Crippen molar-refractivity contribution in [2.75, 3.05) is 0 Å². The van der Waals surface area contributed by atoms with Crippen molar-refractivity contribution in [2.45, 2.75) is 25.7 Å². The highest BCUT2D eigenvalue weighted by molar-refractivity contribution is 7.89. The van der Waals surface area contributed by atoms with Gasteiger partial charge in [0, 0.05) is 12.4 Å². The molecule has 0 atom stereocenters. The van der Waals surface area contributed by atoms with Gasteiger partial charge in [-0.25, -0.2) is 4.98 Å². The summed E-state index contributed by atoms with van der Waals surface area (Å²) in [4.78, 5) is 4.80. The number of hydrogen-bond acceptors (Lipinski definition) is 4. The SMILES string of the molecule is Cc1ccc(S(=O)(=O)n2ccc(-c3c(C)nc4c(C)cccn34)n2)cc1. The molecule has 7 heteroatoms. The number of aromatic nitrogens is 4. The summed E-state index contributed by atoms with van der Waals surface area (Å²) in [7, 11) is -3.72. The van der Waals surface area contributed by atoms with Crippen molar-refractivity contribution in [2.24, 2.45) is 0 Å². The van der Waals surface area contributed by atoms with Crippen molar-refractivity contribution >= 4 is 15.7 Å². The second-order valence-corrected chi connectivity index (χ2v) is 8.12. The molecule has 0 bridgehead atoms. The molecule has 4 rings (SSSR count). The summed E-state index contributed by atoms with van der Waals surface area (Å²) in [6.07, 6.45) is 3.38. The molecule has 0 amide bonds. The van der Waals surface area contributed by atoms with Crippen LogP contribution in [0.15, 0.2) is 59.8 Å². The molecule has 0 saturated heterocycles. The highest BCUT2D eigenvalue weighted by Gasteiger charge is 2.20. The van der Waals surface area contributed by atoms with Gasteiger partial charge in [-0.15, -0.1) is 0 Å². The van der Waals surface area contributed by atoms with Crippen molar-refractivity contribution < 1.29 is 8.42 Å². The molecule has 26 heavy (non-hydrogen) atoms. The Balaban J connectivity index is 1.84. The van der Waals surface area contributed by atoms with Crippen LogP contribution in [0, 0.1) is 20.8 Å². The second-order valence-electron chi connectivity index (χ2n) is 6.32. The summed E-state index contributed by atoms with van der Waals surface area (Å²) in [5, 5.41) is 4.33. The summed E-state index contributed by atoms with van der Waals surface area (Å²) in [5.74, 6) is 0. The first-order valence-corrected chi connectivity index (χ1v) is 9.64. The van der Waals surface area contributed by atoms with E-state index in [9.17, 15) is 8.42 Å². The van der Waals surface area contributed by atoms with E-state index in [0.29, 0.717) is 5.69 Å². The Bertz CT molecular complexity index is 1220. The van der Waals surface area contributed by atoms with Crippen molar-refractivity contribution in [1.82, 2.24) is 18.6 Å². The quantitative estimate of drug-likeness (QED) is 0.557. The van der Waals surface area contributed by atoms with Gasteiger partial charge in [0.1, 0.15) is 11.3 Å². The van der Waals surface area contributed by atoms with E-state index in [0.717, 1.165) is 32.2 Å². The van der Waals surface area contributed by atoms with E-state index in [2.05, 4.69) is 10.1 Å². The standard InChI is InChI=1S/C19H18N4O2S/c1-13-6-8-16(9-7-13)26(24,25)23-12-10-17(21-23)18-15(3)20-19-14(2)5-4-11-22(18)19/h4-12H,1-3H3. The average molecular weight is 366 g/mol. The molecule has 6 nitrogen and oxygen atoms in total. The third kappa shape index (κ3) is 2.52. The lowest BCUT2D eigenvalue weighted by molar-refractivity contribution is 0.580. The Morgan fingerprint density at radius 2 is 1.65 bits per heavy atom. The summed E-state index contributed by atoms with van der Waals surface area (Å²) in [6.45, 7) is 5.80. The van der Waals surface area contributed by atoms with Crippen LogP contribution >= 0.6 is 0 Å². The first-order valence-electron chi connectivity index (χ1n) is 8.20. The molecule has 0 saturated carbocycles. The molecule has 4 aromatic rings. The van der Waals surface area contributed by atoms with Crippen LogP contribution in [0.5, 0.6) is 0 Å². The summed E-state index contributed by atoms with van der Waals surface area (Å²) in [5.41, 5.74) is 5.06. The molecule has 3 heterocycles. The Morgan fingerprint density at radius 3 is 2.38 bits per heavy atom. The van der Waals surface area contributed by atoms with E-state index in [1.54, 1.807) is 30.3 Å². The lowest BCUT2D eigenvalue weighted by atomic mass is 10.2. The minimum Gasteiger partial charge on any atom is -0.298 e. The molecule has 0 aliphatic rings. The van der Waals surface area contributed by atoms with Crippen LogP contribution in [0.4, 0.5) is 0 Å². The fraction of sp³-hybridized carbons (Fsp3) is 0.158. The van der Waals surface area contributed by atoms with Gasteiger partial charge in [-0.2, -0.15) is 17.6 Å². The Labute approximate surface area is 151 Å². The Morgan fingerprint density at radius 1 is 0.923 bits per heavy atom. The molecule has 1 aromatic carbocycles. The number of imidazole rings is 1. The average Bonchev–Trinajstić information content (AvgIpc) is 3.20. The zero-order valence-corrected chi connectivity index (χ0v) is 15.5. The monoisotopic (exact) mass is 366 g/mol. The first kappa shape index (κ1) is 16.5. The van der Waals surface area contributed by atoms with E-state index in [1.807, 2.05) is 43.5 Å². The zero-order chi connectivity index (χ0) is 18.5. The number of rotatable bonds is 3. The van der Waals surface area contributed by atoms with E-state index >= 15 is 0 Å². The molecule has 0 radical (unpaired) electrons. The van der Waals surface area contributed by atoms with E-state index in [1.165, 1.54) is 6.20 Å². The van der Waals surface area contributed by atoms with Gasteiger partial charge in [0.2, 0.25) is 0 Å². The third-order valence-corrected chi connectivity index (χ3v) is 5.96.